The summed E-state index contributed by atoms with van der Waals surface area (Å²) in [6.07, 6.45) is 0. The van der Waals surface area contributed by atoms with Gasteiger partial charge in [0.15, 0.2) is 11.6 Å². The van der Waals surface area contributed by atoms with Gasteiger partial charge >= 0.3 is 6.03 Å². The Morgan fingerprint density at radius 1 is 1.32 bits per heavy atom. The van der Waals surface area contributed by atoms with Gasteiger partial charge in [0.2, 0.25) is 0 Å². The van der Waals surface area contributed by atoms with Crippen molar-refractivity contribution in [2.75, 3.05) is 7.05 Å². The third-order valence-corrected chi connectivity index (χ3v) is 4.37. The molecule has 118 valence electrons. The van der Waals surface area contributed by atoms with Crippen molar-refractivity contribution in [2.24, 2.45) is 0 Å². The van der Waals surface area contributed by atoms with Crippen molar-refractivity contribution in [3.05, 3.63) is 56.7 Å². The molecule has 0 fully saturated rings. The van der Waals surface area contributed by atoms with Crippen molar-refractivity contribution in [1.82, 2.24) is 10.2 Å². The molecule has 1 aromatic heterocycles. The van der Waals surface area contributed by atoms with E-state index in [1.807, 2.05) is 6.07 Å². The van der Waals surface area contributed by atoms with Crippen LogP contribution in [0.25, 0.3) is 0 Å². The molecule has 1 N–H and O–H groups in total. The predicted molar refractivity (Wildman–Crippen MR) is 84.1 cm³/mol. The summed E-state index contributed by atoms with van der Waals surface area (Å²) in [5.41, 5.74) is 0.500. The molecule has 0 spiro atoms. The minimum Gasteiger partial charge on any atom is -0.331 e. The minimum absolute atomic E-state index is 0.304. The molecule has 0 aliphatic heterocycles. The summed E-state index contributed by atoms with van der Waals surface area (Å²) in [6, 6.07) is 6.47. The smallest absolute Gasteiger partial charge is 0.317 e. The number of halogens is 3. The monoisotopic (exact) mass is 344 g/mol. The fourth-order valence-corrected chi connectivity index (χ4v) is 3.04. The zero-order valence-corrected chi connectivity index (χ0v) is 13.6. The molecular formula is C15H15ClF2N2OS. The number of carbonyl (C=O) groups is 1. The van der Waals surface area contributed by atoms with Crippen LogP contribution in [0.3, 0.4) is 0 Å². The highest BCUT2D eigenvalue weighted by Gasteiger charge is 2.15. The molecule has 1 atom stereocenters. The Morgan fingerprint density at radius 3 is 2.64 bits per heavy atom. The van der Waals surface area contributed by atoms with E-state index < -0.39 is 17.7 Å². The highest BCUT2D eigenvalue weighted by atomic mass is 35.5. The van der Waals surface area contributed by atoms with Gasteiger partial charge in [-0.3, -0.25) is 0 Å². The number of nitrogens with zero attached hydrogens (tertiary/aromatic N) is 1. The second kappa shape index (κ2) is 7.07. The van der Waals surface area contributed by atoms with Gasteiger partial charge in [-0.1, -0.05) is 17.7 Å². The number of amides is 2. The van der Waals surface area contributed by atoms with E-state index in [2.05, 4.69) is 5.32 Å². The topological polar surface area (TPSA) is 32.3 Å². The lowest BCUT2D eigenvalue weighted by Gasteiger charge is -2.21. The summed E-state index contributed by atoms with van der Waals surface area (Å²) < 4.78 is 26.8. The molecule has 0 aliphatic rings. The Hall–Kier alpha value is -1.66. The zero-order chi connectivity index (χ0) is 16.3. The van der Waals surface area contributed by atoms with Gasteiger partial charge in [0.1, 0.15) is 0 Å². The standard InChI is InChI=1S/C15H15ClF2N2OS/c1-9(10-3-5-12(17)13(18)7-10)19-15(21)20(2)8-11-4-6-14(16)22-11/h3-7,9H,8H2,1-2H3,(H,19,21). The summed E-state index contributed by atoms with van der Waals surface area (Å²) >= 11 is 7.25. The van der Waals surface area contributed by atoms with Crippen LogP contribution in [0.1, 0.15) is 23.4 Å². The van der Waals surface area contributed by atoms with Gasteiger partial charge < -0.3 is 10.2 Å². The number of benzene rings is 1. The van der Waals surface area contributed by atoms with E-state index in [-0.39, 0.29) is 6.03 Å². The second-order valence-electron chi connectivity index (χ2n) is 4.91. The molecule has 1 heterocycles. The number of hydrogen-bond acceptors (Lipinski definition) is 2. The van der Waals surface area contributed by atoms with Crippen molar-refractivity contribution >= 4 is 29.0 Å². The van der Waals surface area contributed by atoms with E-state index >= 15 is 0 Å². The fourth-order valence-electron chi connectivity index (χ4n) is 1.90. The van der Waals surface area contributed by atoms with Gasteiger partial charge in [-0.2, -0.15) is 0 Å². The molecule has 2 rings (SSSR count). The number of thiophene rings is 1. The Bertz CT molecular complexity index is 677. The quantitative estimate of drug-likeness (QED) is 0.865. The molecule has 2 amide bonds. The molecule has 0 saturated carbocycles. The van der Waals surface area contributed by atoms with Crippen molar-refractivity contribution in [2.45, 2.75) is 19.5 Å². The maximum atomic E-state index is 13.2. The molecule has 7 heteroatoms. The first-order chi connectivity index (χ1) is 10.4. The highest BCUT2D eigenvalue weighted by Crippen LogP contribution is 2.22. The SMILES string of the molecule is CC(NC(=O)N(C)Cc1ccc(Cl)s1)c1ccc(F)c(F)c1. The first-order valence-corrected chi connectivity index (χ1v) is 7.77. The average molecular weight is 345 g/mol. The maximum Gasteiger partial charge on any atom is 0.317 e. The van der Waals surface area contributed by atoms with Crippen molar-refractivity contribution < 1.29 is 13.6 Å². The molecule has 2 aromatic rings. The van der Waals surface area contributed by atoms with Crippen LogP contribution in [0.2, 0.25) is 4.34 Å². The minimum atomic E-state index is -0.930. The zero-order valence-electron chi connectivity index (χ0n) is 12.1. The number of carbonyl (C=O) groups excluding carboxylic acids is 1. The highest BCUT2D eigenvalue weighted by molar-refractivity contribution is 7.16. The van der Waals surface area contributed by atoms with Crippen LogP contribution >= 0.6 is 22.9 Å². The predicted octanol–water partition coefficient (Wildman–Crippen LogP) is 4.58. The normalized spacial score (nSPS) is 12.0. The summed E-state index contributed by atoms with van der Waals surface area (Å²) in [5.74, 6) is -1.84. The Balaban J connectivity index is 1.96. The fraction of sp³-hybridized carbons (Fsp3) is 0.267. The Kier molecular flexibility index (Phi) is 5.37. The molecule has 0 aliphatic carbocycles. The lowest BCUT2D eigenvalue weighted by Crippen LogP contribution is -2.38. The summed E-state index contributed by atoms with van der Waals surface area (Å²) in [5, 5.41) is 2.74. The summed E-state index contributed by atoms with van der Waals surface area (Å²) in [6.45, 7) is 2.13. The molecule has 0 radical (unpaired) electrons. The third-order valence-electron chi connectivity index (χ3n) is 3.15. The van der Waals surface area contributed by atoms with E-state index in [0.29, 0.717) is 16.4 Å². The third kappa shape index (κ3) is 4.18. The van der Waals surface area contributed by atoms with Gasteiger partial charge in [0.25, 0.3) is 0 Å². The van der Waals surface area contributed by atoms with E-state index in [1.54, 1.807) is 20.0 Å². The van der Waals surface area contributed by atoms with E-state index in [1.165, 1.54) is 22.3 Å². The van der Waals surface area contributed by atoms with Crippen LogP contribution < -0.4 is 5.32 Å². The van der Waals surface area contributed by atoms with Crippen molar-refractivity contribution in [3.63, 3.8) is 0 Å². The molecule has 0 saturated heterocycles. The largest absolute Gasteiger partial charge is 0.331 e. The molecule has 1 unspecified atom stereocenters. The number of hydrogen-bond donors (Lipinski definition) is 1. The molecular weight excluding hydrogens is 330 g/mol. The van der Waals surface area contributed by atoms with E-state index in [4.69, 9.17) is 11.6 Å². The van der Waals surface area contributed by atoms with Crippen LogP contribution in [0, 0.1) is 11.6 Å². The molecule has 22 heavy (non-hydrogen) atoms. The Morgan fingerprint density at radius 2 is 2.05 bits per heavy atom. The molecule has 3 nitrogen and oxygen atoms in total. The van der Waals surface area contributed by atoms with Gasteiger partial charge in [-0.15, -0.1) is 11.3 Å². The first-order valence-electron chi connectivity index (χ1n) is 6.57. The second-order valence-corrected chi connectivity index (χ2v) is 6.71. The van der Waals surface area contributed by atoms with Gasteiger partial charge in [0, 0.05) is 11.9 Å². The summed E-state index contributed by atoms with van der Waals surface area (Å²) in [4.78, 5) is 14.6. The Labute approximate surface area is 136 Å². The van der Waals surface area contributed by atoms with Crippen molar-refractivity contribution in [3.8, 4) is 0 Å². The van der Waals surface area contributed by atoms with Gasteiger partial charge in [0.05, 0.1) is 16.9 Å². The van der Waals surface area contributed by atoms with Crippen LogP contribution in [0.4, 0.5) is 13.6 Å². The van der Waals surface area contributed by atoms with E-state index in [9.17, 15) is 13.6 Å². The van der Waals surface area contributed by atoms with Crippen LogP contribution in [0.5, 0.6) is 0 Å². The molecule has 0 bridgehead atoms. The van der Waals surface area contributed by atoms with Crippen LogP contribution in [-0.2, 0) is 6.54 Å². The van der Waals surface area contributed by atoms with Gasteiger partial charge in [-0.05, 0) is 36.8 Å². The van der Waals surface area contributed by atoms with Crippen LogP contribution in [-0.4, -0.2) is 18.0 Å². The van der Waals surface area contributed by atoms with E-state index in [0.717, 1.165) is 17.0 Å². The summed E-state index contributed by atoms with van der Waals surface area (Å²) in [7, 11) is 1.65. The number of rotatable bonds is 4. The average Bonchev–Trinajstić information content (AvgIpc) is 2.86. The number of urea groups is 1. The first kappa shape index (κ1) is 16.7. The maximum absolute atomic E-state index is 13.2. The van der Waals surface area contributed by atoms with Gasteiger partial charge in [-0.25, -0.2) is 13.6 Å². The lowest BCUT2D eigenvalue weighted by atomic mass is 10.1. The van der Waals surface area contributed by atoms with Crippen LogP contribution in [0.15, 0.2) is 30.3 Å². The lowest BCUT2D eigenvalue weighted by molar-refractivity contribution is 0.204. The van der Waals surface area contributed by atoms with Crippen molar-refractivity contribution in [1.29, 1.82) is 0 Å². The number of nitrogens with one attached hydrogen (secondary N) is 1. The molecule has 1 aromatic carbocycles.